The Morgan fingerprint density at radius 3 is 3.00 bits per heavy atom. The third kappa shape index (κ3) is 1.27. The van der Waals surface area contributed by atoms with Gasteiger partial charge in [0.05, 0.1) is 12.7 Å². The molecule has 76 valence electrons. The van der Waals surface area contributed by atoms with Crippen LogP contribution in [0.4, 0.5) is 0 Å². The Bertz CT molecular complexity index is 490. The maximum absolute atomic E-state index is 5.56. The van der Waals surface area contributed by atoms with Crippen LogP contribution in [0.3, 0.4) is 0 Å². The minimum atomic E-state index is 0.369. The Morgan fingerprint density at radius 2 is 2.27 bits per heavy atom. The van der Waals surface area contributed by atoms with Crippen molar-refractivity contribution in [2.24, 2.45) is 5.73 Å². The molecular formula is C12H12N2O. The van der Waals surface area contributed by atoms with Crippen LogP contribution in [0.25, 0.3) is 0 Å². The molecule has 1 aliphatic rings. The number of nitrogens with two attached hydrogens (primary N) is 1. The number of nitrogens with zero attached hydrogens (tertiary/aromatic N) is 1. The molecule has 1 unspecified atom stereocenters. The molecule has 0 saturated heterocycles. The summed E-state index contributed by atoms with van der Waals surface area (Å²) in [4.78, 5) is 4.12. The van der Waals surface area contributed by atoms with E-state index in [2.05, 4.69) is 29.2 Å². The van der Waals surface area contributed by atoms with Crippen molar-refractivity contribution in [2.75, 3.05) is 0 Å². The molecule has 3 heteroatoms. The number of hydrogen-bond acceptors (Lipinski definition) is 3. The number of rotatable bonds is 2. The lowest BCUT2D eigenvalue weighted by molar-refractivity contribution is 0.427. The van der Waals surface area contributed by atoms with Crippen LogP contribution in [0.2, 0.25) is 0 Å². The molecule has 2 aromatic rings. The van der Waals surface area contributed by atoms with E-state index >= 15 is 0 Å². The quantitative estimate of drug-likeness (QED) is 0.804. The highest BCUT2D eigenvalue weighted by molar-refractivity contribution is 5.44. The summed E-state index contributed by atoms with van der Waals surface area (Å²) in [6.07, 6.45) is 2.85. The zero-order valence-corrected chi connectivity index (χ0v) is 8.31. The molecule has 1 atom stereocenters. The summed E-state index contributed by atoms with van der Waals surface area (Å²) < 4.78 is 5.56. The van der Waals surface area contributed by atoms with Crippen LogP contribution in [0.5, 0.6) is 0 Å². The first-order valence-corrected chi connectivity index (χ1v) is 5.11. The first-order valence-electron chi connectivity index (χ1n) is 5.11. The molecule has 0 radical (unpaired) electrons. The van der Waals surface area contributed by atoms with Gasteiger partial charge in [-0.3, -0.25) is 0 Å². The molecule has 0 fully saturated rings. The number of oxazole rings is 1. The van der Waals surface area contributed by atoms with Gasteiger partial charge in [-0.15, -0.1) is 0 Å². The predicted octanol–water partition coefficient (Wildman–Crippen LogP) is 1.82. The number of hydrogen-bond donors (Lipinski definition) is 1. The van der Waals surface area contributed by atoms with Gasteiger partial charge in [0.1, 0.15) is 5.76 Å². The highest BCUT2D eigenvalue weighted by atomic mass is 16.4. The van der Waals surface area contributed by atoms with Gasteiger partial charge in [0.25, 0.3) is 0 Å². The van der Waals surface area contributed by atoms with Crippen LogP contribution in [0.15, 0.2) is 34.9 Å². The normalized spacial score (nSPS) is 18.3. The third-order valence-electron chi connectivity index (χ3n) is 2.94. The van der Waals surface area contributed by atoms with E-state index < -0.39 is 0 Å². The molecule has 15 heavy (non-hydrogen) atoms. The molecule has 0 amide bonds. The van der Waals surface area contributed by atoms with Gasteiger partial charge >= 0.3 is 0 Å². The monoisotopic (exact) mass is 200 g/mol. The zero-order valence-electron chi connectivity index (χ0n) is 8.31. The van der Waals surface area contributed by atoms with Crippen LogP contribution in [-0.2, 0) is 13.0 Å². The molecule has 0 bridgehead atoms. The van der Waals surface area contributed by atoms with Crippen molar-refractivity contribution in [2.45, 2.75) is 18.9 Å². The summed E-state index contributed by atoms with van der Waals surface area (Å²) in [6, 6.07) is 8.44. The third-order valence-corrected chi connectivity index (χ3v) is 2.94. The van der Waals surface area contributed by atoms with Crippen LogP contribution in [-0.4, -0.2) is 4.98 Å². The number of aromatic nitrogens is 1. The molecule has 1 aromatic carbocycles. The average Bonchev–Trinajstić information content (AvgIpc) is 2.68. The summed E-state index contributed by atoms with van der Waals surface area (Å²) in [5.41, 5.74) is 8.23. The van der Waals surface area contributed by atoms with Crippen LogP contribution in [0, 0.1) is 0 Å². The maximum Gasteiger partial charge on any atom is 0.208 e. The lowest BCUT2D eigenvalue weighted by Gasteiger charge is -2.27. The van der Waals surface area contributed by atoms with E-state index in [1.807, 2.05) is 0 Å². The second-order valence-electron chi connectivity index (χ2n) is 3.82. The van der Waals surface area contributed by atoms with Gasteiger partial charge in [-0.2, -0.15) is 0 Å². The van der Waals surface area contributed by atoms with E-state index in [0.717, 1.165) is 12.2 Å². The lowest BCUT2D eigenvalue weighted by atomic mass is 9.76. The van der Waals surface area contributed by atoms with Crippen LogP contribution in [0.1, 0.15) is 28.7 Å². The Labute approximate surface area is 87.9 Å². The standard InChI is InChI=1S/C12H12N2O/c13-6-12-14-7-11(15-12)10-5-8-3-1-2-4-9(8)10/h1-4,7,10H,5-6,13H2. The van der Waals surface area contributed by atoms with Gasteiger partial charge in [-0.25, -0.2) is 4.98 Å². The Kier molecular flexibility index (Phi) is 1.86. The van der Waals surface area contributed by atoms with E-state index in [-0.39, 0.29) is 0 Å². The summed E-state index contributed by atoms with van der Waals surface area (Å²) in [6.45, 7) is 0.369. The average molecular weight is 200 g/mol. The van der Waals surface area contributed by atoms with Crippen molar-refractivity contribution in [3.8, 4) is 0 Å². The highest BCUT2D eigenvalue weighted by Gasteiger charge is 2.29. The van der Waals surface area contributed by atoms with Crippen molar-refractivity contribution in [1.29, 1.82) is 0 Å². The van der Waals surface area contributed by atoms with E-state index in [9.17, 15) is 0 Å². The smallest absolute Gasteiger partial charge is 0.208 e. The number of fused-ring (bicyclic) bond motifs is 1. The van der Waals surface area contributed by atoms with Crippen LogP contribution >= 0.6 is 0 Å². The second kappa shape index (κ2) is 3.21. The molecule has 1 heterocycles. The summed E-state index contributed by atoms with van der Waals surface area (Å²) in [5.74, 6) is 1.94. The fourth-order valence-electron chi connectivity index (χ4n) is 2.09. The zero-order chi connectivity index (χ0) is 10.3. The molecule has 3 rings (SSSR count). The largest absolute Gasteiger partial charge is 0.444 e. The SMILES string of the molecule is NCc1ncc(C2Cc3ccccc32)o1. The lowest BCUT2D eigenvalue weighted by Crippen LogP contribution is -2.17. The van der Waals surface area contributed by atoms with Gasteiger partial charge in [0, 0.05) is 5.92 Å². The van der Waals surface area contributed by atoms with Gasteiger partial charge < -0.3 is 10.2 Å². The van der Waals surface area contributed by atoms with Crippen molar-refractivity contribution < 1.29 is 4.42 Å². The Morgan fingerprint density at radius 1 is 1.40 bits per heavy atom. The minimum Gasteiger partial charge on any atom is -0.444 e. The first-order chi connectivity index (χ1) is 7.38. The Balaban J connectivity index is 1.93. The highest BCUT2D eigenvalue weighted by Crippen LogP contribution is 2.39. The van der Waals surface area contributed by atoms with Crippen molar-refractivity contribution >= 4 is 0 Å². The second-order valence-corrected chi connectivity index (χ2v) is 3.82. The molecule has 3 nitrogen and oxygen atoms in total. The first kappa shape index (κ1) is 8.68. The van der Waals surface area contributed by atoms with Crippen molar-refractivity contribution in [3.05, 3.63) is 53.2 Å². The van der Waals surface area contributed by atoms with Gasteiger partial charge in [0.15, 0.2) is 0 Å². The molecular weight excluding hydrogens is 188 g/mol. The minimum absolute atomic E-state index is 0.369. The molecule has 1 aliphatic carbocycles. The van der Waals surface area contributed by atoms with Crippen molar-refractivity contribution in [1.82, 2.24) is 4.98 Å². The predicted molar refractivity (Wildman–Crippen MR) is 56.4 cm³/mol. The molecule has 2 N–H and O–H groups in total. The number of benzene rings is 1. The summed E-state index contributed by atoms with van der Waals surface area (Å²) >= 11 is 0. The Hall–Kier alpha value is -1.61. The molecule has 0 saturated carbocycles. The summed E-state index contributed by atoms with van der Waals surface area (Å²) in [5, 5.41) is 0. The summed E-state index contributed by atoms with van der Waals surface area (Å²) in [7, 11) is 0. The topological polar surface area (TPSA) is 52.0 Å². The maximum atomic E-state index is 5.56. The van der Waals surface area contributed by atoms with Crippen LogP contribution < -0.4 is 5.73 Å². The van der Waals surface area contributed by atoms with Crippen molar-refractivity contribution in [3.63, 3.8) is 0 Å². The van der Waals surface area contributed by atoms with E-state index in [1.54, 1.807) is 6.20 Å². The van der Waals surface area contributed by atoms with Gasteiger partial charge in [-0.1, -0.05) is 24.3 Å². The fraction of sp³-hybridized carbons (Fsp3) is 0.250. The molecule has 0 spiro atoms. The molecule has 1 aromatic heterocycles. The van der Waals surface area contributed by atoms with E-state index in [4.69, 9.17) is 10.2 Å². The van der Waals surface area contributed by atoms with Gasteiger partial charge in [0.2, 0.25) is 5.89 Å². The van der Waals surface area contributed by atoms with E-state index in [1.165, 1.54) is 11.1 Å². The van der Waals surface area contributed by atoms with Gasteiger partial charge in [-0.05, 0) is 17.5 Å². The fourth-order valence-corrected chi connectivity index (χ4v) is 2.09. The molecule has 0 aliphatic heterocycles. The van der Waals surface area contributed by atoms with E-state index in [0.29, 0.717) is 18.4 Å².